The Bertz CT molecular complexity index is 240. The number of carbonyl (C=O) groups excluding carboxylic acids is 1. The molecule has 1 N–H and O–H groups in total. The topological polar surface area (TPSA) is 32.3 Å². The van der Waals surface area contributed by atoms with Crippen molar-refractivity contribution in [1.82, 2.24) is 10.2 Å². The standard InChI is InChI=1S/C11H18N2O/c14-11-2-1-8-13(11)9-5-10-3-6-12-7-4-10/h5,12H,1-4,6-9H2. The van der Waals surface area contributed by atoms with Crippen LogP contribution in [0, 0.1) is 0 Å². The Balaban J connectivity index is 1.82. The Morgan fingerprint density at radius 3 is 2.71 bits per heavy atom. The van der Waals surface area contributed by atoms with Gasteiger partial charge in [0, 0.05) is 19.5 Å². The summed E-state index contributed by atoms with van der Waals surface area (Å²) in [5.41, 5.74) is 1.52. The summed E-state index contributed by atoms with van der Waals surface area (Å²) in [5, 5.41) is 3.33. The summed E-state index contributed by atoms with van der Waals surface area (Å²) >= 11 is 0. The zero-order valence-electron chi connectivity index (χ0n) is 8.59. The predicted octanol–water partition coefficient (Wildman–Crippen LogP) is 0.919. The van der Waals surface area contributed by atoms with E-state index in [2.05, 4.69) is 11.4 Å². The number of hydrogen-bond acceptors (Lipinski definition) is 2. The molecule has 0 unspecified atom stereocenters. The largest absolute Gasteiger partial charge is 0.339 e. The first-order valence-electron chi connectivity index (χ1n) is 5.52. The lowest BCUT2D eigenvalue weighted by Crippen LogP contribution is -2.26. The van der Waals surface area contributed by atoms with Crippen molar-refractivity contribution < 1.29 is 4.79 Å². The first-order valence-corrected chi connectivity index (χ1v) is 5.52. The van der Waals surface area contributed by atoms with Gasteiger partial charge in [0.25, 0.3) is 0 Å². The maximum Gasteiger partial charge on any atom is 0.222 e. The fourth-order valence-electron chi connectivity index (χ4n) is 2.09. The first-order chi connectivity index (χ1) is 6.86. The summed E-state index contributed by atoms with van der Waals surface area (Å²) in [6.45, 7) is 3.99. The van der Waals surface area contributed by atoms with Crippen LogP contribution in [0.2, 0.25) is 0 Å². The van der Waals surface area contributed by atoms with E-state index in [0.717, 1.165) is 51.9 Å². The van der Waals surface area contributed by atoms with Crippen LogP contribution in [0.25, 0.3) is 0 Å². The zero-order valence-corrected chi connectivity index (χ0v) is 8.59. The Hall–Kier alpha value is -0.830. The van der Waals surface area contributed by atoms with Gasteiger partial charge in [-0.2, -0.15) is 0 Å². The summed E-state index contributed by atoms with van der Waals surface area (Å²) in [5.74, 6) is 0.329. The molecule has 1 amide bonds. The quantitative estimate of drug-likeness (QED) is 0.663. The third-order valence-corrected chi connectivity index (χ3v) is 3.02. The lowest BCUT2D eigenvalue weighted by Gasteiger charge is -2.18. The van der Waals surface area contributed by atoms with E-state index in [0.29, 0.717) is 5.91 Å². The van der Waals surface area contributed by atoms with E-state index in [1.165, 1.54) is 5.57 Å². The van der Waals surface area contributed by atoms with Crippen LogP contribution in [0.1, 0.15) is 25.7 Å². The van der Waals surface area contributed by atoms with Crippen LogP contribution in [-0.2, 0) is 4.79 Å². The van der Waals surface area contributed by atoms with Crippen LogP contribution in [-0.4, -0.2) is 37.0 Å². The second-order valence-electron chi connectivity index (χ2n) is 4.06. The molecule has 0 aliphatic carbocycles. The van der Waals surface area contributed by atoms with Crippen LogP contribution < -0.4 is 5.32 Å². The lowest BCUT2D eigenvalue weighted by atomic mass is 10.1. The molecule has 2 aliphatic rings. The highest BCUT2D eigenvalue weighted by atomic mass is 16.2. The molecule has 78 valence electrons. The van der Waals surface area contributed by atoms with E-state index in [1.807, 2.05) is 4.90 Å². The van der Waals surface area contributed by atoms with E-state index in [9.17, 15) is 4.79 Å². The van der Waals surface area contributed by atoms with E-state index in [4.69, 9.17) is 0 Å². The van der Waals surface area contributed by atoms with Gasteiger partial charge in [0.05, 0.1) is 0 Å². The Kier molecular flexibility index (Phi) is 3.19. The molecule has 0 spiro atoms. The van der Waals surface area contributed by atoms with Crippen LogP contribution in [0.5, 0.6) is 0 Å². The third-order valence-electron chi connectivity index (χ3n) is 3.02. The Morgan fingerprint density at radius 2 is 2.07 bits per heavy atom. The fraction of sp³-hybridized carbons (Fsp3) is 0.727. The van der Waals surface area contributed by atoms with Crippen molar-refractivity contribution in [3.05, 3.63) is 11.6 Å². The lowest BCUT2D eigenvalue weighted by molar-refractivity contribution is -0.127. The summed E-state index contributed by atoms with van der Waals surface area (Å²) < 4.78 is 0. The van der Waals surface area contributed by atoms with Gasteiger partial charge in [-0.3, -0.25) is 4.79 Å². The number of hydrogen-bond donors (Lipinski definition) is 1. The molecule has 2 aliphatic heterocycles. The number of nitrogens with one attached hydrogen (secondary N) is 1. The molecule has 3 heteroatoms. The molecule has 0 aromatic heterocycles. The van der Waals surface area contributed by atoms with Gasteiger partial charge in [-0.25, -0.2) is 0 Å². The molecule has 0 atom stereocenters. The van der Waals surface area contributed by atoms with Crippen LogP contribution in [0.3, 0.4) is 0 Å². The van der Waals surface area contributed by atoms with Gasteiger partial charge in [-0.05, 0) is 32.4 Å². The smallest absolute Gasteiger partial charge is 0.222 e. The Morgan fingerprint density at radius 1 is 1.29 bits per heavy atom. The van der Waals surface area contributed by atoms with Gasteiger partial charge in [-0.15, -0.1) is 0 Å². The minimum atomic E-state index is 0.329. The number of piperidine rings is 1. The Labute approximate surface area is 85.2 Å². The first kappa shape index (κ1) is 9.71. The number of likely N-dealkylation sites (tertiary alicyclic amines) is 1. The second-order valence-corrected chi connectivity index (χ2v) is 4.06. The SMILES string of the molecule is O=C1CCCN1CC=C1CCNCC1. The number of amides is 1. The average molecular weight is 194 g/mol. The average Bonchev–Trinajstić information content (AvgIpc) is 2.63. The minimum Gasteiger partial charge on any atom is -0.339 e. The molecule has 14 heavy (non-hydrogen) atoms. The summed E-state index contributed by atoms with van der Waals surface area (Å²) in [7, 11) is 0. The molecular formula is C11H18N2O. The monoisotopic (exact) mass is 194 g/mol. The maximum atomic E-state index is 11.3. The molecule has 2 saturated heterocycles. The van der Waals surface area contributed by atoms with Crippen molar-refractivity contribution in [3.8, 4) is 0 Å². The summed E-state index contributed by atoms with van der Waals surface area (Å²) in [4.78, 5) is 13.3. The van der Waals surface area contributed by atoms with Crippen molar-refractivity contribution in [2.24, 2.45) is 0 Å². The normalized spacial score (nSPS) is 23.0. The highest BCUT2D eigenvalue weighted by Gasteiger charge is 2.18. The van der Waals surface area contributed by atoms with Crippen molar-refractivity contribution in [1.29, 1.82) is 0 Å². The molecule has 0 aromatic rings. The molecule has 2 heterocycles. The van der Waals surface area contributed by atoms with Crippen molar-refractivity contribution >= 4 is 5.91 Å². The van der Waals surface area contributed by atoms with Gasteiger partial charge in [0.2, 0.25) is 5.91 Å². The third kappa shape index (κ3) is 2.35. The molecule has 0 saturated carbocycles. The van der Waals surface area contributed by atoms with Gasteiger partial charge < -0.3 is 10.2 Å². The highest BCUT2D eigenvalue weighted by Crippen LogP contribution is 2.13. The maximum absolute atomic E-state index is 11.3. The minimum absolute atomic E-state index is 0.329. The van der Waals surface area contributed by atoms with Crippen molar-refractivity contribution in [2.75, 3.05) is 26.2 Å². The highest BCUT2D eigenvalue weighted by molar-refractivity contribution is 5.78. The molecule has 0 bridgehead atoms. The molecule has 2 fully saturated rings. The van der Waals surface area contributed by atoms with Gasteiger partial charge in [-0.1, -0.05) is 11.6 Å². The number of carbonyl (C=O) groups is 1. The van der Waals surface area contributed by atoms with Crippen molar-refractivity contribution in [3.63, 3.8) is 0 Å². The summed E-state index contributed by atoms with van der Waals surface area (Å²) in [6, 6.07) is 0. The predicted molar refractivity (Wildman–Crippen MR) is 56.0 cm³/mol. The van der Waals surface area contributed by atoms with E-state index in [1.54, 1.807) is 0 Å². The molecule has 2 rings (SSSR count). The van der Waals surface area contributed by atoms with E-state index < -0.39 is 0 Å². The van der Waals surface area contributed by atoms with Crippen LogP contribution in [0.15, 0.2) is 11.6 Å². The molecular weight excluding hydrogens is 176 g/mol. The van der Waals surface area contributed by atoms with Crippen LogP contribution >= 0.6 is 0 Å². The van der Waals surface area contributed by atoms with Gasteiger partial charge in [0.1, 0.15) is 0 Å². The van der Waals surface area contributed by atoms with Gasteiger partial charge >= 0.3 is 0 Å². The molecule has 0 radical (unpaired) electrons. The van der Waals surface area contributed by atoms with E-state index in [-0.39, 0.29) is 0 Å². The van der Waals surface area contributed by atoms with E-state index >= 15 is 0 Å². The summed E-state index contributed by atoms with van der Waals surface area (Å²) in [6.07, 6.45) is 6.36. The zero-order chi connectivity index (χ0) is 9.80. The fourth-order valence-corrected chi connectivity index (χ4v) is 2.09. The number of nitrogens with zero attached hydrogens (tertiary/aromatic N) is 1. The van der Waals surface area contributed by atoms with Crippen molar-refractivity contribution in [2.45, 2.75) is 25.7 Å². The second kappa shape index (κ2) is 4.60. The molecule has 3 nitrogen and oxygen atoms in total. The number of rotatable bonds is 2. The molecule has 0 aromatic carbocycles. The van der Waals surface area contributed by atoms with Gasteiger partial charge in [0.15, 0.2) is 0 Å². The van der Waals surface area contributed by atoms with Crippen LogP contribution in [0.4, 0.5) is 0 Å².